The van der Waals surface area contributed by atoms with Crippen LogP contribution in [0.5, 0.6) is 0 Å². The van der Waals surface area contributed by atoms with E-state index in [1.165, 1.54) is 4.90 Å². The number of aryl methyl sites for hydroxylation is 1. The lowest BCUT2D eigenvalue weighted by molar-refractivity contribution is -0.137. The lowest BCUT2D eigenvalue weighted by Crippen LogP contribution is -2.35. The number of benzene rings is 2. The summed E-state index contributed by atoms with van der Waals surface area (Å²) >= 11 is 0. The van der Waals surface area contributed by atoms with Gasteiger partial charge in [-0.15, -0.1) is 0 Å². The standard InChI is InChI=1S/C22H24N2O3/c1-15(2)27-14-13-24-21(25)19(17-10-5-4-6-11-17)20(22(24)26)23-18-12-8-7-9-16(18)3/h4-12,15,23H,13-14H2,1-3H3. The highest BCUT2D eigenvalue weighted by molar-refractivity contribution is 6.36. The minimum Gasteiger partial charge on any atom is -0.377 e. The van der Waals surface area contributed by atoms with Crippen LogP contribution in [0.25, 0.3) is 5.57 Å². The van der Waals surface area contributed by atoms with Crippen LogP contribution in [-0.4, -0.2) is 36.0 Å². The van der Waals surface area contributed by atoms with E-state index in [9.17, 15) is 9.59 Å². The highest BCUT2D eigenvalue weighted by Crippen LogP contribution is 2.31. The van der Waals surface area contributed by atoms with Crippen molar-refractivity contribution in [2.45, 2.75) is 26.9 Å². The molecule has 1 aliphatic rings. The Balaban J connectivity index is 1.95. The number of carbonyl (C=O) groups is 2. The summed E-state index contributed by atoms with van der Waals surface area (Å²) in [4.78, 5) is 27.3. The number of amides is 2. The zero-order valence-electron chi connectivity index (χ0n) is 15.9. The van der Waals surface area contributed by atoms with Gasteiger partial charge in [0.05, 0.1) is 24.8 Å². The number of hydrogen-bond acceptors (Lipinski definition) is 4. The van der Waals surface area contributed by atoms with Crippen molar-refractivity contribution in [2.24, 2.45) is 0 Å². The highest BCUT2D eigenvalue weighted by Gasteiger charge is 2.39. The minimum absolute atomic E-state index is 0.0453. The Kier molecular flexibility index (Phi) is 5.72. The minimum atomic E-state index is -0.325. The van der Waals surface area contributed by atoms with E-state index in [2.05, 4.69) is 5.32 Å². The fourth-order valence-electron chi connectivity index (χ4n) is 3.00. The molecule has 0 radical (unpaired) electrons. The van der Waals surface area contributed by atoms with Gasteiger partial charge in [-0.2, -0.15) is 0 Å². The summed E-state index contributed by atoms with van der Waals surface area (Å²) in [6.07, 6.45) is 0.0453. The number of carbonyl (C=O) groups excluding carboxylic acids is 2. The number of imide groups is 1. The number of anilines is 1. The Bertz CT molecular complexity index is 872. The number of nitrogens with zero attached hydrogens (tertiary/aromatic N) is 1. The summed E-state index contributed by atoms with van der Waals surface area (Å²) in [6.45, 7) is 6.35. The van der Waals surface area contributed by atoms with Crippen molar-refractivity contribution in [1.82, 2.24) is 4.90 Å². The predicted molar refractivity (Wildman–Crippen MR) is 106 cm³/mol. The van der Waals surface area contributed by atoms with E-state index < -0.39 is 0 Å². The van der Waals surface area contributed by atoms with Gasteiger partial charge in [0.25, 0.3) is 11.8 Å². The normalized spacial score (nSPS) is 14.4. The molecule has 1 heterocycles. The average Bonchev–Trinajstić information content (AvgIpc) is 2.88. The molecular formula is C22H24N2O3. The molecular weight excluding hydrogens is 340 g/mol. The van der Waals surface area contributed by atoms with E-state index in [1.807, 2.05) is 75.4 Å². The maximum Gasteiger partial charge on any atom is 0.278 e. The third-order valence-corrected chi connectivity index (χ3v) is 4.40. The lowest BCUT2D eigenvalue weighted by Gasteiger charge is -2.16. The van der Waals surface area contributed by atoms with Crippen LogP contribution in [0.2, 0.25) is 0 Å². The first-order valence-electron chi connectivity index (χ1n) is 9.09. The van der Waals surface area contributed by atoms with Crippen LogP contribution in [0.4, 0.5) is 5.69 Å². The molecule has 5 nitrogen and oxygen atoms in total. The third kappa shape index (κ3) is 4.09. The molecule has 0 atom stereocenters. The molecule has 0 fully saturated rings. The van der Waals surface area contributed by atoms with Gasteiger partial charge >= 0.3 is 0 Å². The van der Waals surface area contributed by atoms with Crippen molar-refractivity contribution < 1.29 is 14.3 Å². The summed E-state index contributed by atoms with van der Waals surface area (Å²) in [5.41, 5.74) is 3.24. The van der Waals surface area contributed by atoms with Crippen LogP contribution in [0, 0.1) is 6.92 Å². The van der Waals surface area contributed by atoms with E-state index in [0.29, 0.717) is 17.9 Å². The van der Waals surface area contributed by atoms with Crippen LogP contribution < -0.4 is 5.32 Å². The van der Waals surface area contributed by atoms with Crippen molar-refractivity contribution in [3.05, 3.63) is 71.4 Å². The molecule has 1 aliphatic heterocycles. The second-order valence-electron chi connectivity index (χ2n) is 6.74. The smallest absolute Gasteiger partial charge is 0.278 e. The zero-order valence-corrected chi connectivity index (χ0v) is 15.9. The fraction of sp³-hybridized carbons (Fsp3) is 0.273. The SMILES string of the molecule is Cc1ccccc1NC1=C(c2ccccc2)C(=O)N(CCOC(C)C)C1=O. The van der Waals surface area contributed by atoms with Crippen LogP contribution in [0.3, 0.4) is 0 Å². The Morgan fingerprint density at radius 2 is 1.63 bits per heavy atom. The number of para-hydroxylation sites is 1. The summed E-state index contributed by atoms with van der Waals surface area (Å²) in [5.74, 6) is -0.621. The van der Waals surface area contributed by atoms with Gasteiger partial charge in [0, 0.05) is 5.69 Å². The van der Waals surface area contributed by atoms with Crippen molar-refractivity contribution in [2.75, 3.05) is 18.5 Å². The van der Waals surface area contributed by atoms with Crippen molar-refractivity contribution in [3.8, 4) is 0 Å². The fourth-order valence-corrected chi connectivity index (χ4v) is 3.00. The molecule has 0 aromatic heterocycles. The zero-order chi connectivity index (χ0) is 19.4. The maximum atomic E-state index is 13.0. The quantitative estimate of drug-likeness (QED) is 0.763. The number of hydrogen-bond donors (Lipinski definition) is 1. The topological polar surface area (TPSA) is 58.6 Å². The van der Waals surface area contributed by atoms with Crippen molar-refractivity contribution in [1.29, 1.82) is 0 Å². The van der Waals surface area contributed by atoms with Crippen molar-refractivity contribution >= 4 is 23.1 Å². The maximum absolute atomic E-state index is 13.0. The van der Waals surface area contributed by atoms with E-state index >= 15 is 0 Å². The van der Waals surface area contributed by atoms with Crippen LogP contribution in [0.1, 0.15) is 25.0 Å². The second-order valence-corrected chi connectivity index (χ2v) is 6.74. The molecule has 0 aliphatic carbocycles. The average molecular weight is 364 g/mol. The molecule has 2 aromatic rings. The number of nitrogens with one attached hydrogen (secondary N) is 1. The molecule has 2 amide bonds. The first-order chi connectivity index (χ1) is 13.0. The van der Waals surface area contributed by atoms with Gasteiger partial charge in [-0.1, -0.05) is 48.5 Å². The molecule has 0 spiro atoms. The van der Waals surface area contributed by atoms with Gasteiger partial charge < -0.3 is 10.1 Å². The molecule has 140 valence electrons. The van der Waals surface area contributed by atoms with E-state index in [4.69, 9.17) is 4.74 Å². The molecule has 0 unspecified atom stereocenters. The molecule has 2 aromatic carbocycles. The summed E-state index contributed by atoms with van der Waals surface area (Å²) in [7, 11) is 0. The molecule has 0 bridgehead atoms. The number of ether oxygens (including phenoxy) is 1. The van der Waals surface area contributed by atoms with Crippen molar-refractivity contribution in [3.63, 3.8) is 0 Å². The van der Waals surface area contributed by atoms with Gasteiger partial charge in [0.2, 0.25) is 0 Å². The van der Waals surface area contributed by atoms with E-state index in [-0.39, 0.29) is 24.5 Å². The van der Waals surface area contributed by atoms with Crippen LogP contribution >= 0.6 is 0 Å². The molecule has 0 saturated carbocycles. The van der Waals surface area contributed by atoms with E-state index in [1.54, 1.807) is 0 Å². The first kappa shape index (κ1) is 18.9. The molecule has 27 heavy (non-hydrogen) atoms. The van der Waals surface area contributed by atoms with Gasteiger partial charge in [0.15, 0.2) is 0 Å². The van der Waals surface area contributed by atoms with Gasteiger partial charge in [0.1, 0.15) is 5.70 Å². The summed E-state index contributed by atoms with van der Waals surface area (Å²) < 4.78 is 5.53. The van der Waals surface area contributed by atoms with Gasteiger partial charge in [-0.05, 0) is 38.0 Å². The Morgan fingerprint density at radius 1 is 0.963 bits per heavy atom. The largest absolute Gasteiger partial charge is 0.377 e. The summed E-state index contributed by atoms with van der Waals surface area (Å²) in [6, 6.07) is 17.0. The van der Waals surface area contributed by atoms with Gasteiger partial charge in [-0.3, -0.25) is 14.5 Å². The Labute approximate surface area is 159 Å². The van der Waals surface area contributed by atoms with E-state index in [0.717, 1.165) is 16.8 Å². The molecule has 1 N–H and O–H groups in total. The number of rotatable bonds is 7. The Morgan fingerprint density at radius 3 is 2.30 bits per heavy atom. The monoisotopic (exact) mass is 364 g/mol. The third-order valence-electron chi connectivity index (χ3n) is 4.40. The van der Waals surface area contributed by atoms with Crippen LogP contribution in [0.15, 0.2) is 60.3 Å². The Hall–Kier alpha value is -2.92. The summed E-state index contributed by atoms with van der Waals surface area (Å²) in [5, 5.41) is 3.19. The predicted octanol–water partition coefficient (Wildman–Crippen LogP) is 3.61. The lowest BCUT2D eigenvalue weighted by atomic mass is 10.0. The molecule has 5 heteroatoms. The van der Waals surface area contributed by atoms with Crippen LogP contribution in [-0.2, 0) is 14.3 Å². The molecule has 0 saturated heterocycles. The highest BCUT2D eigenvalue weighted by atomic mass is 16.5. The second kappa shape index (κ2) is 8.18. The first-order valence-corrected chi connectivity index (χ1v) is 9.09. The van der Waals surface area contributed by atoms with Gasteiger partial charge in [-0.25, -0.2) is 0 Å². The molecule has 3 rings (SSSR count).